The molecule has 192 valence electrons. The number of carbonyl (C=O) groups is 1. The third kappa shape index (κ3) is 5.46. The van der Waals surface area contributed by atoms with Gasteiger partial charge in [-0.3, -0.25) is 4.79 Å². The highest BCUT2D eigenvalue weighted by atomic mass is 32.2. The molecule has 1 saturated carbocycles. The molecule has 0 spiro atoms. The second kappa shape index (κ2) is 9.04. The van der Waals surface area contributed by atoms with Crippen molar-refractivity contribution in [3.8, 4) is 11.3 Å². The lowest BCUT2D eigenvalue weighted by atomic mass is 9.99. The number of amides is 1. The summed E-state index contributed by atoms with van der Waals surface area (Å²) in [6.07, 6.45) is -1.36. The zero-order valence-electron chi connectivity index (χ0n) is 19.5. The SMILES string of the molecule is Cc1c(CC(=O)Nc2ccc(S(C)(=O)=O)c(F)c2)cn(CC2(O)CC2)c1-c1ccccc1C(F)(F)F. The Bertz CT molecular complexity index is 1440. The highest BCUT2D eigenvalue weighted by molar-refractivity contribution is 7.90. The van der Waals surface area contributed by atoms with E-state index in [2.05, 4.69) is 5.32 Å². The zero-order valence-corrected chi connectivity index (χ0v) is 20.3. The molecule has 1 aliphatic rings. The molecule has 0 saturated heterocycles. The van der Waals surface area contributed by atoms with Gasteiger partial charge in [-0.15, -0.1) is 0 Å². The molecular formula is C25H24F4N2O4S. The normalized spacial score (nSPS) is 15.1. The van der Waals surface area contributed by atoms with Gasteiger partial charge in [0.15, 0.2) is 9.84 Å². The van der Waals surface area contributed by atoms with E-state index in [1.807, 2.05) is 0 Å². The number of halogens is 4. The van der Waals surface area contributed by atoms with Crippen LogP contribution in [0.2, 0.25) is 0 Å². The van der Waals surface area contributed by atoms with Crippen molar-refractivity contribution in [1.29, 1.82) is 0 Å². The Balaban J connectivity index is 1.66. The summed E-state index contributed by atoms with van der Waals surface area (Å²) in [5.41, 5.74) is -0.705. The van der Waals surface area contributed by atoms with Crippen LogP contribution >= 0.6 is 0 Å². The molecule has 0 bridgehead atoms. The molecule has 1 heterocycles. The standard InChI is InChI=1S/C25H24F4N2O4S/c1-15-16(11-22(32)30-17-7-8-21(20(26)12-17)36(2,34)35)13-31(14-24(33)9-10-24)23(15)18-5-3-4-6-19(18)25(27,28)29/h3-8,12-13,33H,9-11,14H2,1-2H3,(H,30,32). The van der Waals surface area contributed by atoms with Crippen LogP contribution in [0.15, 0.2) is 53.6 Å². The highest BCUT2D eigenvalue weighted by Gasteiger charge is 2.42. The van der Waals surface area contributed by atoms with Crippen molar-refractivity contribution in [2.45, 2.75) is 49.4 Å². The number of alkyl halides is 3. The number of hydrogen-bond donors (Lipinski definition) is 2. The van der Waals surface area contributed by atoms with Gasteiger partial charge in [-0.2, -0.15) is 13.2 Å². The lowest BCUT2D eigenvalue weighted by molar-refractivity contribution is -0.137. The molecule has 0 radical (unpaired) electrons. The third-order valence-electron chi connectivity index (χ3n) is 6.18. The van der Waals surface area contributed by atoms with E-state index in [0.717, 1.165) is 24.5 Å². The van der Waals surface area contributed by atoms with Crippen molar-refractivity contribution in [2.24, 2.45) is 0 Å². The fourth-order valence-electron chi connectivity index (χ4n) is 4.19. The van der Waals surface area contributed by atoms with Crippen LogP contribution in [0.4, 0.5) is 23.2 Å². The minimum atomic E-state index is -4.60. The molecule has 0 atom stereocenters. The maximum absolute atomic E-state index is 14.2. The van der Waals surface area contributed by atoms with Crippen molar-refractivity contribution in [1.82, 2.24) is 4.57 Å². The second-order valence-electron chi connectivity index (χ2n) is 9.17. The number of nitrogens with one attached hydrogen (secondary N) is 1. The van der Waals surface area contributed by atoms with Crippen molar-refractivity contribution in [3.63, 3.8) is 0 Å². The molecule has 11 heteroatoms. The molecule has 2 aromatic carbocycles. The molecule has 0 aliphatic heterocycles. The summed E-state index contributed by atoms with van der Waals surface area (Å²) in [6, 6.07) is 8.32. The van der Waals surface area contributed by atoms with E-state index in [4.69, 9.17) is 0 Å². The zero-order chi connectivity index (χ0) is 26.5. The van der Waals surface area contributed by atoms with E-state index in [-0.39, 0.29) is 29.9 Å². The van der Waals surface area contributed by atoms with Gasteiger partial charge < -0.3 is 15.0 Å². The van der Waals surface area contributed by atoms with E-state index < -0.39 is 43.8 Å². The smallest absolute Gasteiger partial charge is 0.388 e. The Morgan fingerprint density at radius 3 is 2.42 bits per heavy atom. The van der Waals surface area contributed by atoms with Gasteiger partial charge in [0.2, 0.25) is 5.91 Å². The molecule has 2 N–H and O–H groups in total. The monoisotopic (exact) mass is 524 g/mol. The van der Waals surface area contributed by atoms with Gasteiger partial charge in [-0.25, -0.2) is 12.8 Å². The number of nitrogens with zero attached hydrogens (tertiary/aromatic N) is 1. The summed E-state index contributed by atoms with van der Waals surface area (Å²) < 4.78 is 80.2. The van der Waals surface area contributed by atoms with E-state index in [1.54, 1.807) is 17.7 Å². The van der Waals surface area contributed by atoms with Gasteiger partial charge in [0.25, 0.3) is 0 Å². The summed E-state index contributed by atoms with van der Waals surface area (Å²) >= 11 is 0. The molecule has 1 aromatic heterocycles. The first kappa shape index (κ1) is 25.9. The van der Waals surface area contributed by atoms with Crippen molar-refractivity contribution < 1.29 is 35.9 Å². The molecule has 1 amide bonds. The summed E-state index contributed by atoms with van der Waals surface area (Å²) in [7, 11) is -3.78. The number of anilines is 1. The Morgan fingerprint density at radius 2 is 1.83 bits per heavy atom. The number of rotatable bonds is 7. The summed E-state index contributed by atoms with van der Waals surface area (Å²) in [6.45, 7) is 1.69. The molecule has 36 heavy (non-hydrogen) atoms. The van der Waals surface area contributed by atoms with Crippen LogP contribution in [0.1, 0.15) is 29.5 Å². The van der Waals surface area contributed by atoms with E-state index in [1.165, 1.54) is 24.3 Å². The fourth-order valence-corrected chi connectivity index (χ4v) is 4.92. The van der Waals surface area contributed by atoms with E-state index >= 15 is 0 Å². The minimum Gasteiger partial charge on any atom is -0.388 e. The van der Waals surface area contributed by atoms with Crippen LogP contribution in [0, 0.1) is 12.7 Å². The van der Waals surface area contributed by atoms with Crippen LogP contribution < -0.4 is 5.32 Å². The molecule has 1 aliphatic carbocycles. The molecule has 1 fully saturated rings. The summed E-state index contributed by atoms with van der Waals surface area (Å²) in [5, 5.41) is 13.0. The topological polar surface area (TPSA) is 88.4 Å². The quantitative estimate of drug-likeness (QED) is 0.438. The first-order valence-corrected chi connectivity index (χ1v) is 12.9. The van der Waals surface area contributed by atoms with Crippen LogP contribution in [-0.2, 0) is 33.8 Å². The Kier molecular flexibility index (Phi) is 6.50. The number of sulfone groups is 1. The lowest BCUT2D eigenvalue weighted by Gasteiger charge is -2.18. The number of aliphatic hydroxyl groups is 1. The average molecular weight is 525 g/mol. The molecule has 4 rings (SSSR count). The van der Waals surface area contributed by atoms with Crippen LogP contribution in [0.3, 0.4) is 0 Å². The van der Waals surface area contributed by atoms with E-state index in [0.29, 0.717) is 24.0 Å². The van der Waals surface area contributed by atoms with Crippen molar-refractivity contribution in [2.75, 3.05) is 11.6 Å². The van der Waals surface area contributed by atoms with E-state index in [9.17, 15) is 35.9 Å². The minimum absolute atomic E-state index is 0.0388. The predicted octanol–water partition coefficient (Wildman–Crippen LogP) is 4.73. The van der Waals surface area contributed by atoms with Gasteiger partial charge in [0, 0.05) is 23.7 Å². The molecule has 3 aromatic rings. The van der Waals surface area contributed by atoms with Crippen LogP contribution in [0.25, 0.3) is 11.3 Å². The summed E-state index contributed by atoms with van der Waals surface area (Å²) in [5.74, 6) is -1.58. The van der Waals surface area contributed by atoms with Gasteiger partial charge in [0.05, 0.1) is 29.8 Å². The lowest BCUT2D eigenvalue weighted by Crippen LogP contribution is -2.18. The maximum Gasteiger partial charge on any atom is 0.417 e. The fraction of sp³-hybridized carbons (Fsp3) is 0.320. The second-order valence-corrected chi connectivity index (χ2v) is 11.2. The van der Waals surface area contributed by atoms with Crippen LogP contribution in [0.5, 0.6) is 0 Å². The number of carbonyl (C=O) groups excluding carboxylic acids is 1. The van der Waals surface area contributed by atoms with Gasteiger partial charge in [-0.1, -0.05) is 18.2 Å². The summed E-state index contributed by atoms with van der Waals surface area (Å²) in [4.78, 5) is 12.2. The number of benzene rings is 2. The third-order valence-corrected chi connectivity index (χ3v) is 7.31. The van der Waals surface area contributed by atoms with Gasteiger partial charge in [0.1, 0.15) is 10.7 Å². The highest BCUT2D eigenvalue weighted by Crippen LogP contribution is 2.42. The number of aromatic nitrogens is 1. The largest absolute Gasteiger partial charge is 0.417 e. The maximum atomic E-state index is 14.2. The molecular weight excluding hydrogens is 500 g/mol. The Labute approximate surface area is 205 Å². The Morgan fingerprint density at radius 1 is 1.17 bits per heavy atom. The Hall–Kier alpha value is -3.18. The van der Waals surface area contributed by atoms with Crippen molar-refractivity contribution >= 4 is 21.4 Å². The van der Waals surface area contributed by atoms with Crippen molar-refractivity contribution in [3.05, 3.63) is 71.2 Å². The van der Waals surface area contributed by atoms with Gasteiger partial charge in [-0.05, 0) is 55.2 Å². The first-order valence-electron chi connectivity index (χ1n) is 11.0. The predicted molar refractivity (Wildman–Crippen MR) is 126 cm³/mol. The van der Waals surface area contributed by atoms with Crippen LogP contribution in [-0.4, -0.2) is 35.9 Å². The first-order chi connectivity index (χ1) is 16.7. The average Bonchev–Trinajstić information content (AvgIpc) is 3.40. The molecule has 0 unspecified atom stereocenters. The number of hydrogen-bond acceptors (Lipinski definition) is 4. The van der Waals surface area contributed by atoms with Gasteiger partial charge >= 0.3 is 6.18 Å². The molecule has 6 nitrogen and oxygen atoms in total.